The van der Waals surface area contributed by atoms with Gasteiger partial charge in [-0.1, -0.05) is 52.3 Å². The van der Waals surface area contributed by atoms with Gasteiger partial charge < -0.3 is 9.80 Å². The topological polar surface area (TPSA) is 43.9 Å². The SMILES string of the molecule is O=C(CN1CCc2sccc2C1c1ccccc1)N1CCCN(C(=O)c2cccc(Br)c2)CC1. The molecule has 0 N–H and O–H groups in total. The Morgan fingerprint density at radius 1 is 0.912 bits per heavy atom. The van der Waals surface area contributed by atoms with E-state index < -0.39 is 0 Å². The molecule has 2 amide bonds. The minimum Gasteiger partial charge on any atom is -0.340 e. The highest BCUT2D eigenvalue weighted by Crippen LogP contribution is 2.37. The number of amides is 2. The number of nitrogens with zero attached hydrogens (tertiary/aromatic N) is 3. The molecule has 7 heteroatoms. The molecule has 3 heterocycles. The predicted octanol–water partition coefficient (Wildman–Crippen LogP) is 4.83. The lowest BCUT2D eigenvalue weighted by Gasteiger charge is -2.37. The molecule has 1 saturated heterocycles. The Hall–Kier alpha value is -2.48. The molecule has 2 aliphatic heterocycles. The molecule has 5 rings (SSSR count). The number of carbonyl (C=O) groups is 2. The smallest absolute Gasteiger partial charge is 0.253 e. The molecule has 1 unspecified atom stereocenters. The van der Waals surface area contributed by atoms with Crippen LogP contribution in [0.5, 0.6) is 0 Å². The van der Waals surface area contributed by atoms with Gasteiger partial charge in [-0.15, -0.1) is 11.3 Å². The number of hydrogen-bond acceptors (Lipinski definition) is 4. The molecule has 1 atom stereocenters. The van der Waals surface area contributed by atoms with Crippen molar-refractivity contribution in [2.45, 2.75) is 18.9 Å². The van der Waals surface area contributed by atoms with Gasteiger partial charge in [0.2, 0.25) is 5.91 Å². The van der Waals surface area contributed by atoms with Crippen molar-refractivity contribution >= 4 is 39.1 Å². The molecule has 176 valence electrons. The van der Waals surface area contributed by atoms with Gasteiger partial charge in [-0.05, 0) is 53.6 Å². The number of hydrogen-bond donors (Lipinski definition) is 0. The van der Waals surface area contributed by atoms with Crippen molar-refractivity contribution in [3.05, 3.63) is 92.1 Å². The fourth-order valence-electron chi connectivity index (χ4n) is 5.01. The van der Waals surface area contributed by atoms with Crippen LogP contribution in [-0.4, -0.2) is 65.8 Å². The lowest BCUT2D eigenvalue weighted by atomic mass is 9.93. The number of thiophene rings is 1. The zero-order valence-corrected chi connectivity index (χ0v) is 21.4. The molecule has 1 fully saturated rings. The van der Waals surface area contributed by atoms with Crippen LogP contribution >= 0.6 is 27.3 Å². The molecule has 34 heavy (non-hydrogen) atoms. The maximum atomic E-state index is 13.4. The summed E-state index contributed by atoms with van der Waals surface area (Å²) in [6.45, 7) is 3.77. The third-order valence-corrected chi connectivity index (χ3v) is 8.22. The third kappa shape index (κ3) is 4.97. The minimum absolute atomic E-state index is 0.0285. The van der Waals surface area contributed by atoms with Crippen molar-refractivity contribution < 1.29 is 9.59 Å². The molecule has 3 aromatic rings. The molecule has 0 bridgehead atoms. The van der Waals surface area contributed by atoms with Gasteiger partial charge >= 0.3 is 0 Å². The second-order valence-corrected chi connectivity index (χ2v) is 10.8. The van der Waals surface area contributed by atoms with E-state index in [-0.39, 0.29) is 17.9 Å². The van der Waals surface area contributed by atoms with E-state index in [9.17, 15) is 9.59 Å². The lowest BCUT2D eigenvalue weighted by Crippen LogP contribution is -2.45. The summed E-state index contributed by atoms with van der Waals surface area (Å²) < 4.78 is 0.897. The average Bonchev–Trinajstić information content (AvgIpc) is 3.19. The van der Waals surface area contributed by atoms with Crippen LogP contribution in [0.1, 0.15) is 38.8 Å². The van der Waals surface area contributed by atoms with Crippen LogP contribution in [0.2, 0.25) is 0 Å². The summed E-state index contributed by atoms with van der Waals surface area (Å²) in [4.78, 5) is 34.0. The zero-order chi connectivity index (χ0) is 23.5. The normalized spacial score (nSPS) is 18.9. The number of fused-ring (bicyclic) bond motifs is 1. The Labute approximate surface area is 213 Å². The third-order valence-electron chi connectivity index (χ3n) is 6.73. The van der Waals surface area contributed by atoms with Crippen LogP contribution in [0.15, 0.2) is 70.5 Å². The second-order valence-electron chi connectivity index (χ2n) is 8.87. The predicted molar refractivity (Wildman–Crippen MR) is 139 cm³/mol. The fourth-order valence-corrected chi connectivity index (χ4v) is 6.32. The molecule has 1 aromatic heterocycles. The van der Waals surface area contributed by atoms with E-state index in [1.807, 2.05) is 51.5 Å². The maximum Gasteiger partial charge on any atom is 0.253 e. The Bertz CT molecular complexity index is 1170. The fraction of sp³-hybridized carbons (Fsp3) is 0.333. The zero-order valence-electron chi connectivity index (χ0n) is 19.0. The first-order chi connectivity index (χ1) is 16.6. The second kappa shape index (κ2) is 10.4. The van der Waals surface area contributed by atoms with Gasteiger partial charge in [0, 0.05) is 47.6 Å². The van der Waals surface area contributed by atoms with Gasteiger partial charge in [0.1, 0.15) is 0 Å². The molecule has 2 aliphatic rings. The Balaban J connectivity index is 1.26. The van der Waals surface area contributed by atoms with Gasteiger partial charge in [0.25, 0.3) is 5.91 Å². The molecule has 0 spiro atoms. The molecular weight excluding hydrogens is 510 g/mol. The summed E-state index contributed by atoms with van der Waals surface area (Å²) in [5.41, 5.74) is 3.24. The first-order valence-electron chi connectivity index (χ1n) is 11.8. The monoisotopic (exact) mass is 537 g/mol. The number of carbonyl (C=O) groups excluding carboxylic acids is 2. The van der Waals surface area contributed by atoms with Crippen molar-refractivity contribution in [2.24, 2.45) is 0 Å². The molecule has 0 aliphatic carbocycles. The van der Waals surface area contributed by atoms with Crippen LogP contribution in [0.3, 0.4) is 0 Å². The standard InChI is InChI=1S/C27H28BrN3O2S/c28-22-9-4-8-21(18-22)27(33)30-13-5-12-29(15-16-30)25(32)19-31-14-10-24-23(11-17-34-24)26(31)20-6-2-1-3-7-20/h1-4,6-9,11,17-18,26H,5,10,12-16,19H2. The van der Waals surface area contributed by atoms with Gasteiger partial charge in [0.05, 0.1) is 12.6 Å². The number of rotatable bonds is 4. The van der Waals surface area contributed by atoms with E-state index >= 15 is 0 Å². The van der Waals surface area contributed by atoms with E-state index in [4.69, 9.17) is 0 Å². The molecule has 0 radical (unpaired) electrons. The van der Waals surface area contributed by atoms with Gasteiger partial charge in [0.15, 0.2) is 0 Å². The van der Waals surface area contributed by atoms with E-state index in [1.54, 1.807) is 0 Å². The van der Waals surface area contributed by atoms with E-state index in [0.717, 1.165) is 23.9 Å². The number of benzene rings is 2. The van der Waals surface area contributed by atoms with Crippen LogP contribution < -0.4 is 0 Å². The highest BCUT2D eigenvalue weighted by Gasteiger charge is 2.32. The summed E-state index contributed by atoms with van der Waals surface area (Å²) >= 11 is 5.26. The summed E-state index contributed by atoms with van der Waals surface area (Å²) in [6.07, 6.45) is 1.78. The van der Waals surface area contributed by atoms with Gasteiger partial charge in [-0.2, -0.15) is 0 Å². The summed E-state index contributed by atoms with van der Waals surface area (Å²) in [6, 6.07) is 20.3. The average molecular weight is 539 g/mol. The van der Waals surface area contributed by atoms with Gasteiger partial charge in [-0.25, -0.2) is 0 Å². The summed E-state index contributed by atoms with van der Waals surface area (Å²) in [5, 5.41) is 2.16. The van der Waals surface area contributed by atoms with Crippen molar-refractivity contribution in [3.8, 4) is 0 Å². The summed E-state index contributed by atoms with van der Waals surface area (Å²) in [7, 11) is 0. The first-order valence-corrected chi connectivity index (χ1v) is 13.5. The quantitative estimate of drug-likeness (QED) is 0.478. The lowest BCUT2D eigenvalue weighted by molar-refractivity contribution is -0.132. The molecular formula is C27H28BrN3O2S. The van der Waals surface area contributed by atoms with Crippen molar-refractivity contribution in [2.75, 3.05) is 39.3 Å². The Morgan fingerprint density at radius 2 is 1.71 bits per heavy atom. The van der Waals surface area contributed by atoms with Crippen molar-refractivity contribution in [1.29, 1.82) is 0 Å². The van der Waals surface area contributed by atoms with E-state index in [2.05, 4.69) is 56.5 Å². The first kappa shape index (κ1) is 23.3. The van der Waals surface area contributed by atoms with E-state index in [0.29, 0.717) is 38.3 Å². The van der Waals surface area contributed by atoms with E-state index in [1.165, 1.54) is 16.0 Å². The van der Waals surface area contributed by atoms with Crippen LogP contribution in [0.4, 0.5) is 0 Å². The highest BCUT2D eigenvalue weighted by molar-refractivity contribution is 9.10. The van der Waals surface area contributed by atoms with Crippen LogP contribution in [0, 0.1) is 0 Å². The van der Waals surface area contributed by atoms with Crippen LogP contribution in [0.25, 0.3) is 0 Å². The van der Waals surface area contributed by atoms with Crippen molar-refractivity contribution in [1.82, 2.24) is 14.7 Å². The minimum atomic E-state index is 0.0285. The Morgan fingerprint density at radius 3 is 2.53 bits per heavy atom. The highest BCUT2D eigenvalue weighted by atomic mass is 79.9. The molecule has 2 aromatic carbocycles. The van der Waals surface area contributed by atoms with Crippen LogP contribution in [-0.2, 0) is 11.2 Å². The Kier molecular flexibility index (Phi) is 7.13. The number of halogens is 1. The molecule has 5 nitrogen and oxygen atoms in total. The molecule has 0 saturated carbocycles. The van der Waals surface area contributed by atoms with Crippen molar-refractivity contribution in [3.63, 3.8) is 0 Å². The van der Waals surface area contributed by atoms with Gasteiger partial charge in [-0.3, -0.25) is 14.5 Å². The summed E-state index contributed by atoms with van der Waals surface area (Å²) in [5.74, 6) is 0.178. The maximum absolute atomic E-state index is 13.4. The largest absolute Gasteiger partial charge is 0.340 e.